The molecule has 13 nitrogen and oxygen atoms in total. The fraction of sp³-hybridized carbons (Fsp3) is 0.452. The number of nitrogens with one attached hydrogen (secondary N) is 3. The van der Waals surface area contributed by atoms with Gasteiger partial charge >= 0.3 is 0 Å². The van der Waals surface area contributed by atoms with E-state index in [0.29, 0.717) is 19.6 Å². The number of fused-ring (bicyclic) bond motifs is 1. The van der Waals surface area contributed by atoms with Crippen molar-refractivity contribution in [3.63, 3.8) is 0 Å². The van der Waals surface area contributed by atoms with Crippen LogP contribution in [-0.4, -0.2) is 110 Å². The van der Waals surface area contributed by atoms with Gasteiger partial charge in [0.05, 0.1) is 24.8 Å². The molecule has 2 aliphatic rings. The van der Waals surface area contributed by atoms with Crippen LogP contribution >= 0.6 is 0 Å². The normalized spacial score (nSPS) is 21.7. The maximum atomic E-state index is 14.2. The van der Waals surface area contributed by atoms with Crippen molar-refractivity contribution >= 4 is 35.2 Å². The van der Waals surface area contributed by atoms with E-state index in [-0.39, 0.29) is 61.4 Å². The van der Waals surface area contributed by atoms with Gasteiger partial charge in [0.1, 0.15) is 24.4 Å². The third-order valence-corrected chi connectivity index (χ3v) is 9.99. The second-order valence-corrected chi connectivity index (χ2v) is 15.0. The van der Waals surface area contributed by atoms with Gasteiger partial charge in [-0.05, 0) is 62.9 Å². The Labute approximate surface area is 323 Å². The van der Waals surface area contributed by atoms with Crippen molar-refractivity contribution in [2.24, 2.45) is 0 Å². The van der Waals surface area contributed by atoms with Gasteiger partial charge in [-0.3, -0.25) is 24.0 Å². The fourth-order valence-electron chi connectivity index (χ4n) is 7.01. The second kappa shape index (κ2) is 18.7. The molecule has 3 aromatic rings. The van der Waals surface area contributed by atoms with Gasteiger partial charge in [-0.1, -0.05) is 60.7 Å². The number of amides is 5. The monoisotopic (exact) mass is 754 g/mol. The van der Waals surface area contributed by atoms with Crippen molar-refractivity contribution in [3.8, 4) is 5.75 Å². The summed E-state index contributed by atoms with van der Waals surface area (Å²) in [5.74, 6) is -1.74. The summed E-state index contributed by atoms with van der Waals surface area (Å²) in [5, 5.41) is 8.60. The van der Waals surface area contributed by atoms with Crippen molar-refractivity contribution in [3.05, 3.63) is 95.6 Å². The molecule has 55 heavy (non-hydrogen) atoms. The van der Waals surface area contributed by atoms with E-state index in [2.05, 4.69) is 20.9 Å². The number of carbonyl (C=O) groups is 5. The number of hydrogen-bond donors (Lipinski definition) is 3. The smallest absolute Gasteiger partial charge is 0.255 e. The SMILES string of the molecule is C[C@@H]1NC(=O)CC(C)(C)NC(=O)CC[C@@H](C(=O)N(C)Cc2ccccc2N2CCOCC2)NC(=O)c2ccccc2OC[C@H](Cc2ccccc2)N(C)C1=O. The molecule has 2 aliphatic heterocycles. The van der Waals surface area contributed by atoms with Crippen LogP contribution in [0.1, 0.15) is 61.5 Å². The van der Waals surface area contributed by atoms with Crippen LogP contribution in [-0.2, 0) is 36.9 Å². The number of hydrogen-bond acceptors (Lipinski definition) is 8. The number of rotatable bonds is 6. The minimum atomic E-state index is -1.06. The van der Waals surface area contributed by atoms with E-state index < -0.39 is 35.5 Å². The van der Waals surface area contributed by atoms with E-state index in [0.717, 1.165) is 29.9 Å². The highest BCUT2D eigenvalue weighted by molar-refractivity contribution is 6.00. The molecule has 1 fully saturated rings. The lowest BCUT2D eigenvalue weighted by molar-refractivity contribution is -0.137. The first-order valence-electron chi connectivity index (χ1n) is 18.9. The highest BCUT2D eigenvalue weighted by atomic mass is 16.5. The van der Waals surface area contributed by atoms with Gasteiger partial charge in [0.2, 0.25) is 23.6 Å². The number of nitrogens with zero attached hydrogens (tertiary/aromatic N) is 3. The largest absolute Gasteiger partial charge is 0.491 e. The van der Waals surface area contributed by atoms with E-state index in [1.807, 2.05) is 54.6 Å². The van der Waals surface area contributed by atoms with Crippen molar-refractivity contribution in [1.82, 2.24) is 25.8 Å². The Kier molecular flexibility index (Phi) is 13.9. The van der Waals surface area contributed by atoms with Gasteiger partial charge in [-0.2, -0.15) is 0 Å². The van der Waals surface area contributed by atoms with E-state index in [1.165, 1.54) is 0 Å². The van der Waals surface area contributed by atoms with Crippen LogP contribution in [0.2, 0.25) is 0 Å². The highest BCUT2D eigenvalue weighted by Gasteiger charge is 2.32. The summed E-state index contributed by atoms with van der Waals surface area (Å²) in [4.78, 5) is 73.9. The highest BCUT2D eigenvalue weighted by Crippen LogP contribution is 2.24. The molecule has 0 unspecified atom stereocenters. The molecule has 13 heteroatoms. The molecule has 0 aliphatic carbocycles. The van der Waals surface area contributed by atoms with Crippen LogP contribution in [0, 0.1) is 0 Å². The summed E-state index contributed by atoms with van der Waals surface area (Å²) < 4.78 is 11.8. The Morgan fingerprint density at radius 2 is 1.56 bits per heavy atom. The zero-order valence-corrected chi connectivity index (χ0v) is 32.5. The van der Waals surface area contributed by atoms with Crippen LogP contribution in [0.3, 0.4) is 0 Å². The van der Waals surface area contributed by atoms with Gasteiger partial charge in [0.25, 0.3) is 5.91 Å². The van der Waals surface area contributed by atoms with Gasteiger partial charge in [-0.25, -0.2) is 0 Å². The van der Waals surface area contributed by atoms with E-state index in [4.69, 9.17) is 9.47 Å². The first-order valence-corrected chi connectivity index (χ1v) is 18.9. The van der Waals surface area contributed by atoms with Crippen LogP contribution in [0.4, 0.5) is 5.69 Å². The van der Waals surface area contributed by atoms with Crippen LogP contribution in [0.25, 0.3) is 0 Å². The van der Waals surface area contributed by atoms with E-state index >= 15 is 0 Å². The summed E-state index contributed by atoms with van der Waals surface area (Å²) in [7, 11) is 3.35. The molecule has 5 amide bonds. The van der Waals surface area contributed by atoms with Crippen LogP contribution in [0.15, 0.2) is 78.9 Å². The molecule has 0 saturated carbocycles. The topological polar surface area (TPSA) is 150 Å². The average Bonchev–Trinajstić information content (AvgIpc) is 3.17. The summed E-state index contributed by atoms with van der Waals surface area (Å²) in [6.45, 7) is 8.10. The molecular weight excluding hydrogens is 700 g/mol. The number of ether oxygens (including phenoxy) is 2. The third kappa shape index (κ3) is 11.3. The lowest BCUT2D eigenvalue weighted by Crippen LogP contribution is -2.53. The van der Waals surface area contributed by atoms with Crippen molar-refractivity contribution in [1.29, 1.82) is 0 Å². The standard InChI is InChI=1S/C42H54N6O7/c1-29-40(52)47(5)32(25-30-13-7-6-8-14-30)28-55-36-18-12-10-16-33(36)39(51)44-34(19-20-37(49)45-42(2,3)26-38(50)43-29)41(53)46(4)27-31-15-9-11-17-35(31)48-21-23-54-24-22-48/h6-18,29,32,34H,19-28H2,1-5H3,(H,43,50)(H,44,51)(H,45,49)/t29-,32-,34-/m0/s1. The number of para-hydroxylation sites is 2. The second-order valence-electron chi connectivity index (χ2n) is 15.0. The zero-order chi connectivity index (χ0) is 39.5. The maximum absolute atomic E-state index is 14.2. The third-order valence-electron chi connectivity index (χ3n) is 9.99. The Balaban J connectivity index is 1.43. The molecule has 3 N–H and O–H groups in total. The lowest BCUT2D eigenvalue weighted by Gasteiger charge is -2.32. The molecule has 5 rings (SSSR count). The van der Waals surface area contributed by atoms with Gasteiger partial charge in [0, 0.05) is 57.8 Å². The summed E-state index contributed by atoms with van der Waals surface area (Å²) in [6.07, 6.45) is 0.274. The van der Waals surface area contributed by atoms with Gasteiger partial charge in [-0.15, -0.1) is 0 Å². The first-order chi connectivity index (χ1) is 26.3. The summed E-state index contributed by atoms with van der Waals surface area (Å²) in [5.41, 5.74) is 2.18. The molecular formula is C42H54N6O7. The van der Waals surface area contributed by atoms with Crippen LogP contribution in [0.5, 0.6) is 5.75 Å². The molecule has 3 aromatic carbocycles. The number of benzene rings is 3. The predicted octanol–water partition coefficient (Wildman–Crippen LogP) is 3.31. The molecule has 0 spiro atoms. The molecule has 0 aromatic heterocycles. The van der Waals surface area contributed by atoms with E-state index in [9.17, 15) is 24.0 Å². The lowest BCUT2D eigenvalue weighted by atomic mass is 9.98. The quantitative estimate of drug-likeness (QED) is 0.347. The molecule has 0 radical (unpaired) electrons. The Hall–Kier alpha value is -5.43. The van der Waals surface area contributed by atoms with Crippen molar-refractivity contribution in [2.45, 2.75) is 76.7 Å². The first kappa shape index (κ1) is 40.7. The summed E-state index contributed by atoms with van der Waals surface area (Å²) >= 11 is 0. The molecule has 2 heterocycles. The van der Waals surface area contributed by atoms with Gasteiger partial charge in [0.15, 0.2) is 0 Å². The molecule has 1 saturated heterocycles. The van der Waals surface area contributed by atoms with Crippen LogP contribution < -0.4 is 25.6 Å². The Bertz CT molecular complexity index is 1810. The Morgan fingerprint density at radius 3 is 2.31 bits per heavy atom. The summed E-state index contributed by atoms with van der Waals surface area (Å²) in [6, 6.07) is 21.9. The van der Waals surface area contributed by atoms with E-state index in [1.54, 1.807) is 68.9 Å². The van der Waals surface area contributed by atoms with Crippen molar-refractivity contribution < 1.29 is 33.4 Å². The molecule has 294 valence electrons. The number of morpholine rings is 1. The molecule has 3 atom stereocenters. The zero-order valence-electron chi connectivity index (χ0n) is 32.5. The minimum absolute atomic E-state index is 0.00659. The van der Waals surface area contributed by atoms with Gasteiger partial charge < -0.3 is 40.1 Å². The van der Waals surface area contributed by atoms with Crippen molar-refractivity contribution in [2.75, 3.05) is 51.9 Å². The molecule has 0 bridgehead atoms. The maximum Gasteiger partial charge on any atom is 0.255 e. The minimum Gasteiger partial charge on any atom is -0.491 e. The average molecular weight is 755 g/mol. The predicted molar refractivity (Wildman–Crippen MR) is 210 cm³/mol. The number of anilines is 1. The fourth-order valence-corrected chi connectivity index (χ4v) is 7.01. The number of carbonyl (C=O) groups excluding carboxylic acids is 5. The number of likely N-dealkylation sites (N-methyl/N-ethyl adjacent to an activating group) is 2. The Morgan fingerprint density at radius 1 is 0.891 bits per heavy atom.